The molecule has 2 aliphatic heterocycles. The largest absolute Gasteiger partial charge is 0.371 e. The summed E-state index contributed by atoms with van der Waals surface area (Å²) in [5, 5.41) is 12.0. The Kier molecular flexibility index (Phi) is 3.41. The number of ether oxygens (including phenoxy) is 2. The lowest BCUT2D eigenvalue weighted by molar-refractivity contribution is -0.769. The van der Waals surface area contributed by atoms with Crippen LogP contribution in [0.5, 0.6) is 0 Å². The van der Waals surface area contributed by atoms with E-state index in [4.69, 9.17) is 15.2 Å². The van der Waals surface area contributed by atoms with Gasteiger partial charge in [-0.2, -0.15) is 0 Å². The smallest absolute Gasteiger partial charge is 0.294 e. The highest BCUT2D eigenvalue weighted by Gasteiger charge is 2.49. The highest BCUT2D eigenvalue weighted by molar-refractivity contribution is 5.78. The van der Waals surface area contributed by atoms with Crippen LogP contribution in [0.15, 0.2) is 0 Å². The van der Waals surface area contributed by atoms with Crippen LogP contribution < -0.4 is 11.1 Å². The Hall–Kier alpha value is -1.45. The van der Waals surface area contributed by atoms with Gasteiger partial charge in [0.2, 0.25) is 5.91 Å². The van der Waals surface area contributed by atoms with Gasteiger partial charge in [0.15, 0.2) is 6.10 Å². The second-order valence-corrected chi connectivity index (χ2v) is 3.84. The normalized spacial score (nSPS) is 35.4. The monoisotopic (exact) mass is 247 g/mol. The summed E-state index contributed by atoms with van der Waals surface area (Å²) in [7, 11) is 0. The molecule has 0 aromatic rings. The van der Waals surface area contributed by atoms with Gasteiger partial charge in [-0.15, -0.1) is 10.1 Å². The third-order valence-electron chi connectivity index (χ3n) is 2.76. The SMILES string of the molecule is NCC(=O)N[C@H]1CO[C@@H]2C(O[N+](=O)[O-])CO[C@H]12. The number of carbonyl (C=O) groups excluding carboxylic acids is 1. The first-order valence-electron chi connectivity index (χ1n) is 5.15. The lowest BCUT2D eigenvalue weighted by Gasteiger charge is -2.16. The molecule has 9 nitrogen and oxygen atoms in total. The number of amides is 1. The van der Waals surface area contributed by atoms with E-state index in [1.807, 2.05) is 0 Å². The molecule has 17 heavy (non-hydrogen) atoms. The van der Waals surface area contributed by atoms with E-state index < -0.39 is 23.4 Å². The zero-order valence-electron chi connectivity index (χ0n) is 8.90. The van der Waals surface area contributed by atoms with E-state index >= 15 is 0 Å². The van der Waals surface area contributed by atoms with Crippen molar-refractivity contribution in [2.24, 2.45) is 5.73 Å². The van der Waals surface area contributed by atoms with Crippen LogP contribution in [0.2, 0.25) is 0 Å². The number of hydrogen-bond donors (Lipinski definition) is 2. The van der Waals surface area contributed by atoms with E-state index in [2.05, 4.69) is 10.2 Å². The highest BCUT2D eigenvalue weighted by Crippen LogP contribution is 2.28. The number of nitrogens with two attached hydrogens (primary N) is 1. The lowest BCUT2D eigenvalue weighted by Crippen LogP contribution is -2.46. The van der Waals surface area contributed by atoms with Crippen LogP contribution in [0.4, 0.5) is 0 Å². The zero-order valence-corrected chi connectivity index (χ0v) is 8.90. The molecule has 2 heterocycles. The number of fused-ring (bicyclic) bond motifs is 1. The van der Waals surface area contributed by atoms with Crippen molar-refractivity contribution in [3.63, 3.8) is 0 Å². The van der Waals surface area contributed by atoms with Crippen LogP contribution in [0, 0.1) is 10.1 Å². The minimum absolute atomic E-state index is 0.0747. The summed E-state index contributed by atoms with van der Waals surface area (Å²) >= 11 is 0. The fraction of sp³-hybridized carbons (Fsp3) is 0.875. The van der Waals surface area contributed by atoms with Crippen molar-refractivity contribution in [2.45, 2.75) is 24.4 Å². The minimum Gasteiger partial charge on any atom is -0.371 e. The maximum atomic E-state index is 11.1. The molecule has 2 saturated heterocycles. The molecule has 0 radical (unpaired) electrons. The summed E-state index contributed by atoms with van der Waals surface area (Å²) in [5.74, 6) is -0.318. The molecule has 0 aromatic carbocycles. The number of nitrogens with zero attached hydrogens (tertiary/aromatic N) is 1. The van der Waals surface area contributed by atoms with E-state index in [9.17, 15) is 14.9 Å². The predicted molar refractivity (Wildman–Crippen MR) is 52.3 cm³/mol. The molecule has 2 rings (SSSR count). The summed E-state index contributed by atoms with van der Waals surface area (Å²) < 4.78 is 10.7. The fourth-order valence-corrected chi connectivity index (χ4v) is 2.05. The number of nitrogens with one attached hydrogen (secondary N) is 1. The average Bonchev–Trinajstić information content (AvgIpc) is 2.83. The van der Waals surface area contributed by atoms with Crippen LogP contribution in [-0.2, 0) is 19.1 Å². The second kappa shape index (κ2) is 4.82. The van der Waals surface area contributed by atoms with Crippen LogP contribution >= 0.6 is 0 Å². The summed E-state index contributed by atoms with van der Waals surface area (Å²) in [6.45, 7) is 0.187. The lowest BCUT2D eigenvalue weighted by atomic mass is 10.1. The Labute approximate surface area is 96.3 Å². The number of rotatable bonds is 4. The molecule has 0 saturated carbocycles. The quantitative estimate of drug-likeness (QED) is 0.426. The summed E-state index contributed by atoms with van der Waals surface area (Å²) in [5.41, 5.74) is 5.17. The number of hydrogen-bond acceptors (Lipinski definition) is 7. The van der Waals surface area contributed by atoms with Gasteiger partial charge in [0.25, 0.3) is 5.09 Å². The maximum Gasteiger partial charge on any atom is 0.294 e. The second-order valence-electron chi connectivity index (χ2n) is 3.84. The predicted octanol–water partition coefficient (Wildman–Crippen LogP) is -2.20. The van der Waals surface area contributed by atoms with Gasteiger partial charge in [0.1, 0.15) is 12.2 Å². The van der Waals surface area contributed by atoms with Crippen molar-refractivity contribution in [3.05, 3.63) is 10.1 Å². The molecule has 0 aliphatic carbocycles. The molecule has 0 bridgehead atoms. The third-order valence-corrected chi connectivity index (χ3v) is 2.76. The molecule has 2 aliphatic rings. The van der Waals surface area contributed by atoms with Crippen molar-refractivity contribution in [1.29, 1.82) is 0 Å². The first-order valence-corrected chi connectivity index (χ1v) is 5.15. The van der Waals surface area contributed by atoms with E-state index in [0.29, 0.717) is 0 Å². The topological polar surface area (TPSA) is 126 Å². The Morgan fingerprint density at radius 3 is 2.82 bits per heavy atom. The Balaban J connectivity index is 1.92. The van der Waals surface area contributed by atoms with Gasteiger partial charge in [-0.3, -0.25) is 4.79 Å². The van der Waals surface area contributed by atoms with Crippen molar-refractivity contribution in [3.8, 4) is 0 Å². The van der Waals surface area contributed by atoms with Crippen molar-refractivity contribution in [2.75, 3.05) is 19.8 Å². The highest BCUT2D eigenvalue weighted by atomic mass is 17.0. The molecule has 9 heteroatoms. The Morgan fingerprint density at radius 2 is 2.18 bits per heavy atom. The van der Waals surface area contributed by atoms with E-state index in [1.165, 1.54) is 0 Å². The van der Waals surface area contributed by atoms with Crippen molar-refractivity contribution < 1.29 is 24.2 Å². The average molecular weight is 247 g/mol. The first-order chi connectivity index (χ1) is 8.11. The summed E-state index contributed by atoms with van der Waals surface area (Å²) in [6, 6.07) is -0.337. The summed E-state index contributed by atoms with van der Waals surface area (Å²) in [4.78, 5) is 25.8. The summed E-state index contributed by atoms with van der Waals surface area (Å²) in [6.07, 6.45) is -1.69. The van der Waals surface area contributed by atoms with Crippen LogP contribution in [-0.4, -0.2) is 55.1 Å². The van der Waals surface area contributed by atoms with Gasteiger partial charge in [-0.25, -0.2) is 0 Å². The molecule has 96 valence electrons. The van der Waals surface area contributed by atoms with E-state index in [-0.39, 0.29) is 31.7 Å². The molecule has 1 amide bonds. The van der Waals surface area contributed by atoms with Crippen molar-refractivity contribution >= 4 is 5.91 Å². The van der Waals surface area contributed by atoms with Gasteiger partial charge < -0.3 is 25.4 Å². The molecule has 3 N–H and O–H groups in total. The minimum atomic E-state index is -0.869. The molecule has 2 fully saturated rings. The molecule has 4 atom stereocenters. The molecular formula is C8H13N3O6. The van der Waals surface area contributed by atoms with Crippen molar-refractivity contribution in [1.82, 2.24) is 5.32 Å². The van der Waals surface area contributed by atoms with Gasteiger partial charge >= 0.3 is 0 Å². The molecule has 1 unspecified atom stereocenters. The third kappa shape index (κ3) is 2.46. The van der Waals surface area contributed by atoms with Gasteiger partial charge in [0, 0.05) is 0 Å². The van der Waals surface area contributed by atoms with Gasteiger partial charge in [-0.05, 0) is 0 Å². The molecule has 0 aromatic heterocycles. The van der Waals surface area contributed by atoms with Crippen LogP contribution in [0.25, 0.3) is 0 Å². The van der Waals surface area contributed by atoms with E-state index in [0.717, 1.165) is 0 Å². The van der Waals surface area contributed by atoms with Gasteiger partial charge in [-0.1, -0.05) is 0 Å². The molecule has 0 spiro atoms. The fourth-order valence-electron chi connectivity index (χ4n) is 2.05. The number of carbonyl (C=O) groups is 1. The Morgan fingerprint density at radius 1 is 1.47 bits per heavy atom. The maximum absolute atomic E-state index is 11.1. The standard InChI is InChI=1S/C8H13N3O6/c9-1-6(12)10-4-2-15-8-5(17-11(13)14)3-16-7(4)8/h4-5,7-8H,1-3,9H2,(H,10,12)/t4-,5?,7+,8+/m0/s1. The van der Waals surface area contributed by atoms with Crippen LogP contribution in [0.1, 0.15) is 0 Å². The zero-order chi connectivity index (χ0) is 12.4. The molecular weight excluding hydrogens is 234 g/mol. The first kappa shape index (κ1) is 12.0. The van der Waals surface area contributed by atoms with Gasteiger partial charge in [0.05, 0.1) is 25.8 Å². The Bertz CT molecular complexity index is 324. The van der Waals surface area contributed by atoms with E-state index in [1.54, 1.807) is 0 Å². The van der Waals surface area contributed by atoms with Crippen LogP contribution in [0.3, 0.4) is 0 Å².